The molecular formula is C19H19ClF2N2O3S. The molecule has 0 saturated carbocycles. The first-order valence-corrected chi connectivity index (χ1v) is 10.6. The normalized spacial score (nSPS) is 15.4. The molecule has 2 aromatic rings. The summed E-state index contributed by atoms with van der Waals surface area (Å²) in [6, 6.07) is 6.89. The molecule has 1 saturated heterocycles. The molecule has 3 rings (SSSR count). The lowest BCUT2D eigenvalue weighted by atomic mass is 10.2. The predicted octanol–water partition coefficient (Wildman–Crippen LogP) is 3.72. The van der Waals surface area contributed by atoms with Crippen LogP contribution in [0.3, 0.4) is 0 Å². The minimum absolute atomic E-state index is 0.0107. The van der Waals surface area contributed by atoms with Crippen molar-refractivity contribution in [3.8, 4) is 0 Å². The van der Waals surface area contributed by atoms with Gasteiger partial charge in [-0.15, -0.1) is 0 Å². The van der Waals surface area contributed by atoms with E-state index in [1.54, 1.807) is 0 Å². The zero-order chi connectivity index (χ0) is 20.3. The quantitative estimate of drug-likeness (QED) is 0.789. The maximum Gasteiger partial charge on any atom is 0.251 e. The molecule has 28 heavy (non-hydrogen) atoms. The highest BCUT2D eigenvalue weighted by Crippen LogP contribution is 2.28. The molecule has 150 valence electrons. The van der Waals surface area contributed by atoms with Crippen LogP contribution >= 0.6 is 11.6 Å². The summed E-state index contributed by atoms with van der Waals surface area (Å²) in [5.74, 6) is -1.88. The van der Waals surface area contributed by atoms with E-state index in [4.69, 9.17) is 11.6 Å². The zero-order valence-corrected chi connectivity index (χ0v) is 16.5. The van der Waals surface area contributed by atoms with Gasteiger partial charge in [-0.2, -0.15) is 4.31 Å². The van der Waals surface area contributed by atoms with E-state index < -0.39 is 27.6 Å². The summed E-state index contributed by atoms with van der Waals surface area (Å²) in [7, 11) is -3.82. The van der Waals surface area contributed by atoms with Crippen LogP contribution < -0.4 is 5.32 Å². The smallest absolute Gasteiger partial charge is 0.251 e. The molecule has 0 radical (unpaired) electrons. The van der Waals surface area contributed by atoms with Crippen molar-refractivity contribution in [2.45, 2.75) is 30.7 Å². The van der Waals surface area contributed by atoms with Crippen LogP contribution in [0, 0.1) is 11.6 Å². The number of sulfonamides is 1. The Bertz CT molecular complexity index is 993. The average Bonchev–Trinajstić information content (AvgIpc) is 2.69. The van der Waals surface area contributed by atoms with Crippen molar-refractivity contribution < 1.29 is 22.0 Å². The van der Waals surface area contributed by atoms with Gasteiger partial charge in [0.25, 0.3) is 5.91 Å². The standard InChI is InChI=1S/C19H19ClF2N2O3S/c20-16-6-4-13(11-18(16)28(26,27)24-8-2-1-3-9-24)19(25)23-12-14-10-15(21)5-7-17(14)22/h4-7,10-11H,1-3,8-9,12H2,(H,23,25). The first-order chi connectivity index (χ1) is 13.3. The SMILES string of the molecule is O=C(NCc1cc(F)ccc1F)c1ccc(Cl)c(S(=O)(=O)N2CCCCC2)c1. The van der Waals surface area contributed by atoms with E-state index in [1.165, 1.54) is 22.5 Å². The second kappa shape index (κ2) is 8.55. The third kappa shape index (κ3) is 4.51. The van der Waals surface area contributed by atoms with Gasteiger partial charge in [-0.3, -0.25) is 4.79 Å². The summed E-state index contributed by atoms with van der Waals surface area (Å²) < 4.78 is 54.0. The summed E-state index contributed by atoms with van der Waals surface area (Å²) in [4.78, 5) is 12.3. The van der Waals surface area contributed by atoms with Crippen molar-refractivity contribution >= 4 is 27.5 Å². The zero-order valence-electron chi connectivity index (χ0n) is 14.9. The van der Waals surface area contributed by atoms with Gasteiger partial charge < -0.3 is 5.32 Å². The fourth-order valence-corrected chi connectivity index (χ4v) is 5.06. The molecule has 0 aromatic heterocycles. The number of nitrogens with zero attached hydrogens (tertiary/aromatic N) is 1. The van der Waals surface area contributed by atoms with E-state index in [9.17, 15) is 22.0 Å². The highest BCUT2D eigenvalue weighted by atomic mass is 35.5. The number of piperidine rings is 1. The van der Waals surface area contributed by atoms with E-state index >= 15 is 0 Å². The van der Waals surface area contributed by atoms with Crippen molar-refractivity contribution in [2.24, 2.45) is 0 Å². The molecule has 0 spiro atoms. The Morgan fingerprint density at radius 3 is 2.50 bits per heavy atom. The van der Waals surface area contributed by atoms with E-state index in [2.05, 4.69) is 5.32 Å². The van der Waals surface area contributed by atoms with Crippen LogP contribution in [-0.4, -0.2) is 31.7 Å². The molecule has 0 unspecified atom stereocenters. The van der Waals surface area contributed by atoms with Crippen LogP contribution in [0.2, 0.25) is 5.02 Å². The number of rotatable bonds is 5. The average molecular weight is 429 g/mol. The highest BCUT2D eigenvalue weighted by Gasteiger charge is 2.28. The second-order valence-electron chi connectivity index (χ2n) is 6.53. The molecule has 1 aliphatic rings. The number of carbonyl (C=O) groups is 1. The van der Waals surface area contributed by atoms with Gasteiger partial charge >= 0.3 is 0 Å². The molecule has 2 aromatic carbocycles. The molecule has 1 N–H and O–H groups in total. The van der Waals surface area contributed by atoms with Gasteiger partial charge in [-0.05, 0) is 49.2 Å². The van der Waals surface area contributed by atoms with Crippen LogP contribution in [0.25, 0.3) is 0 Å². The third-order valence-electron chi connectivity index (χ3n) is 4.57. The minimum Gasteiger partial charge on any atom is -0.348 e. The van der Waals surface area contributed by atoms with Crippen molar-refractivity contribution in [3.05, 3.63) is 64.2 Å². The molecule has 0 aliphatic carbocycles. The number of benzene rings is 2. The van der Waals surface area contributed by atoms with Gasteiger partial charge in [0.2, 0.25) is 10.0 Å². The summed E-state index contributed by atoms with van der Waals surface area (Å²) >= 11 is 6.09. The highest BCUT2D eigenvalue weighted by molar-refractivity contribution is 7.89. The Hall–Kier alpha value is -2.03. The monoisotopic (exact) mass is 428 g/mol. The number of nitrogens with one attached hydrogen (secondary N) is 1. The maximum absolute atomic E-state index is 13.7. The van der Waals surface area contributed by atoms with Crippen LogP contribution in [0.1, 0.15) is 35.2 Å². The van der Waals surface area contributed by atoms with Gasteiger partial charge in [-0.25, -0.2) is 17.2 Å². The lowest BCUT2D eigenvalue weighted by molar-refractivity contribution is 0.0950. The van der Waals surface area contributed by atoms with Gasteiger partial charge in [-0.1, -0.05) is 18.0 Å². The van der Waals surface area contributed by atoms with Crippen molar-refractivity contribution in [2.75, 3.05) is 13.1 Å². The largest absolute Gasteiger partial charge is 0.348 e. The predicted molar refractivity (Wildman–Crippen MR) is 102 cm³/mol. The number of halogens is 3. The molecule has 1 heterocycles. The van der Waals surface area contributed by atoms with Crippen LogP contribution in [-0.2, 0) is 16.6 Å². The Morgan fingerprint density at radius 2 is 1.79 bits per heavy atom. The third-order valence-corrected chi connectivity index (χ3v) is 6.95. The van der Waals surface area contributed by atoms with Gasteiger partial charge in [0.05, 0.1) is 5.02 Å². The van der Waals surface area contributed by atoms with Gasteiger partial charge in [0.1, 0.15) is 16.5 Å². The summed E-state index contributed by atoms with van der Waals surface area (Å²) in [6.07, 6.45) is 2.52. The van der Waals surface area contributed by atoms with E-state index in [1.807, 2.05) is 0 Å². The van der Waals surface area contributed by atoms with Gasteiger partial charge in [0, 0.05) is 30.8 Å². The Kier molecular flexibility index (Phi) is 6.32. The lowest BCUT2D eigenvalue weighted by Gasteiger charge is -2.26. The van der Waals surface area contributed by atoms with Crippen molar-refractivity contribution in [1.29, 1.82) is 0 Å². The number of carbonyl (C=O) groups excluding carboxylic acids is 1. The van der Waals surface area contributed by atoms with E-state index in [0.717, 1.165) is 37.5 Å². The van der Waals surface area contributed by atoms with Crippen LogP contribution in [0.4, 0.5) is 8.78 Å². The minimum atomic E-state index is -3.82. The van der Waals surface area contributed by atoms with E-state index in [0.29, 0.717) is 13.1 Å². The second-order valence-corrected chi connectivity index (χ2v) is 8.84. The first kappa shape index (κ1) is 20.7. The lowest BCUT2D eigenvalue weighted by Crippen LogP contribution is -2.36. The Balaban J connectivity index is 1.80. The molecule has 1 fully saturated rings. The number of hydrogen-bond donors (Lipinski definition) is 1. The molecule has 9 heteroatoms. The number of hydrogen-bond acceptors (Lipinski definition) is 3. The first-order valence-electron chi connectivity index (χ1n) is 8.81. The number of amides is 1. The topological polar surface area (TPSA) is 66.5 Å². The molecule has 1 aliphatic heterocycles. The Labute approximate surface area is 167 Å². The Morgan fingerprint density at radius 1 is 1.07 bits per heavy atom. The molecule has 0 bridgehead atoms. The van der Waals surface area contributed by atoms with Gasteiger partial charge in [0.15, 0.2) is 0 Å². The van der Waals surface area contributed by atoms with E-state index in [-0.39, 0.29) is 27.6 Å². The van der Waals surface area contributed by atoms with Crippen LogP contribution in [0.15, 0.2) is 41.3 Å². The molecular weight excluding hydrogens is 410 g/mol. The van der Waals surface area contributed by atoms with Crippen molar-refractivity contribution in [1.82, 2.24) is 9.62 Å². The fourth-order valence-electron chi connectivity index (χ4n) is 3.04. The maximum atomic E-state index is 13.7. The van der Waals surface area contributed by atoms with Crippen molar-refractivity contribution in [3.63, 3.8) is 0 Å². The molecule has 5 nitrogen and oxygen atoms in total. The summed E-state index contributed by atoms with van der Waals surface area (Å²) in [6.45, 7) is 0.584. The van der Waals surface area contributed by atoms with Crippen LogP contribution in [0.5, 0.6) is 0 Å². The summed E-state index contributed by atoms with van der Waals surface area (Å²) in [5.41, 5.74) is 0.0558. The fraction of sp³-hybridized carbons (Fsp3) is 0.316. The molecule has 0 atom stereocenters. The summed E-state index contributed by atoms with van der Waals surface area (Å²) in [5, 5.41) is 2.49. The molecule has 1 amide bonds.